The maximum Gasteiger partial charge on any atom is 0.267 e. The number of hydrogen-bond donors (Lipinski definition) is 1. The lowest BCUT2D eigenvalue weighted by molar-refractivity contribution is -0.132. The molecular weight excluding hydrogens is 448 g/mol. The number of hydrogen-bond acceptors (Lipinski definition) is 4. The average Bonchev–Trinajstić information content (AvgIpc) is 3.27. The molecule has 176 valence electrons. The summed E-state index contributed by atoms with van der Waals surface area (Å²) >= 11 is 0. The van der Waals surface area contributed by atoms with Gasteiger partial charge in [0.2, 0.25) is 11.9 Å². The number of imidazole rings is 1. The molecule has 1 amide bonds. The number of amides is 1. The third-order valence-electron chi connectivity index (χ3n) is 6.48. The van der Waals surface area contributed by atoms with Crippen molar-refractivity contribution in [3.63, 3.8) is 0 Å². The number of piperidine rings is 1. The summed E-state index contributed by atoms with van der Waals surface area (Å²) in [6, 6.07) is 20.1. The van der Waals surface area contributed by atoms with Crippen molar-refractivity contribution in [2.75, 3.05) is 17.4 Å². The van der Waals surface area contributed by atoms with Gasteiger partial charge in [0.1, 0.15) is 0 Å². The third-order valence-corrected chi connectivity index (χ3v) is 8.39. The zero-order valence-corrected chi connectivity index (χ0v) is 20.0. The molecule has 8 heteroatoms. The lowest BCUT2D eigenvalue weighted by Crippen LogP contribution is -2.49. The molecule has 1 aliphatic heterocycles. The van der Waals surface area contributed by atoms with Crippen LogP contribution in [-0.4, -0.2) is 48.3 Å². The summed E-state index contributed by atoms with van der Waals surface area (Å²) in [6.45, 7) is 3.06. The van der Waals surface area contributed by atoms with Gasteiger partial charge in [-0.25, -0.2) is 17.7 Å². The van der Waals surface area contributed by atoms with Crippen molar-refractivity contribution in [1.82, 2.24) is 14.9 Å². The van der Waals surface area contributed by atoms with E-state index in [2.05, 4.69) is 9.97 Å². The summed E-state index contributed by atoms with van der Waals surface area (Å²) in [7, 11) is -3.94. The smallest absolute Gasteiger partial charge is 0.267 e. The quantitative estimate of drug-likeness (QED) is 0.437. The number of nitrogens with zero attached hydrogens (tertiary/aromatic N) is 3. The van der Waals surface area contributed by atoms with Gasteiger partial charge in [0.05, 0.1) is 22.0 Å². The second kappa shape index (κ2) is 9.10. The van der Waals surface area contributed by atoms with Crippen molar-refractivity contribution < 1.29 is 13.2 Å². The Bertz CT molecular complexity index is 1400. The number of aromatic amines is 1. The van der Waals surface area contributed by atoms with Gasteiger partial charge in [-0.2, -0.15) is 0 Å². The Morgan fingerprint density at radius 2 is 1.74 bits per heavy atom. The number of rotatable bonds is 6. The standard InChI is InChI=1S/C26H28N4O3S/c1-2-8-25(31)29-17-15-20(16-18-29)30(26-27-22-12-5-6-13-23(22)28-26)34(32,33)24-14-7-10-19-9-3-4-11-21(19)24/h3-7,9-14,20H,2,8,15-18H2,1H3,(H,27,28). The van der Waals surface area contributed by atoms with Gasteiger partial charge in [0.25, 0.3) is 10.0 Å². The maximum atomic E-state index is 14.2. The van der Waals surface area contributed by atoms with E-state index in [-0.39, 0.29) is 16.8 Å². The number of anilines is 1. The van der Waals surface area contributed by atoms with Crippen molar-refractivity contribution in [2.24, 2.45) is 0 Å². The molecule has 0 saturated carbocycles. The lowest BCUT2D eigenvalue weighted by Gasteiger charge is -2.37. The number of fused-ring (bicyclic) bond motifs is 2. The monoisotopic (exact) mass is 476 g/mol. The predicted molar refractivity (Wildman–Crippen MR) is 134 cm³/mol. The van der Waals surface area contributed by atoms with Crippen LogP contribution in [0.3, 0.4) is 0 Å². The fourth-order valence-electron chi connectivity index (χ4n) is 4.78. The van der Waals surface area contributed by atoms with Crippen molar-refractivity contribution in [3.8, 4) is 0 Å². The molecule has 0 aliphatic carbocycles. The highest BCUT2D eigenvalue weighted by Crippen LogP contribution is 2.33. The molecular formula is C26H28N4O3S. The average molecular weight is 477 g/mol. The van der Waals surface area contributed by atoms with Gasteiger partial charge in [-0.15, -0.1) is 0 Å². The van der Waals surface area contributed by atoms with Gasteiger partial charge in [-0.05, 0) is 42.8 Å². The van der Waals surface area contributed by atoms with Gasteiger partial charge < -0.3 is 9.88 Å². The van der Waals surface area contributed by atoms with Gasteiger partial charge in [-0.1, -0.05) is 55.5 Å². The fraction of sp³-hybridized carbons (Fsp3) is 0.308. The SMILES string of the molecule is CCCC(=O)N1CCC(N(c2nc3ccccc3[nH]2)S(=O)(=O)c2cccc3ccccc23)CC1. The Balaban J connectivity index is 1.58. The van der Waals surface area contributed by atoms with E-state index in [1.54, 1.807) is 12.1 Å². The molecule has 1 fully saturated rings. The second-order valence-corrected chi connectivity index (χ2v) is 10.5. The number of likely N-dealkylation sites (tertiary alicyclic amines) is 1. The van der Waals surface area contributed by atoms with E-state index in [4.69, 9.17) is 0 Å². The summed E-state index contributed by atoms with van der Waals surface area (Å²) < 4.78 is 29.9. The van der Waals surface area contributed by atoms with Crippen molar-refractivity contribution >= 4 is 43.7 Å². The van der Waals surface area contributed by atoms with Crippen LogP contribution in [0.4, 0.5) is 5.95 Å². The topological polar surface area (TPSA) is 86.4 Å². The Morgan fingerprint density at radius 1 is 1.03 bits per heavy atom. The first-order valence-corrected chi connectivity index (χ1v) is 13.2. The molecule has 0 radical (unpaired) electrons. The molecule has 0 unspecified atom stereocenters. The summed E-state index contributed by atoms with van der Waals surface area (Å²) in [5.74, 6) is 0.445. The van der Waals surface area contributed by atoms with E-state index < -0.39 is 10.0 Å². The first kappa shape index (κ1) is 22.4. The van der Waals surface area contributed by atoms with Crippen LogP contribution in [0.2, 0.25) is 0 Å². The molecule has 1 saturated heterocycles. The second-order valence-electron chi connectivity index (χ2n) is 8.72. The minimum Gasteiger partial charge on any atom is -0.343 e. The van der Waals surface area contributed by atoms with Gasteiger partial charge in [-0.3, -0.25) is 4.79 Å². The molecule has 5 rings (SSSR count). The summed E-state index contributed by atoms with van der Waals surface area (Å²) in [6.07, 6.45) is 2.43. The Hall–Kier alpha value is -3.39. The van der Waals surface area contributed by atoms with Crippen LogP contribution in [-0.2, 0) is 14.8 Å². The molecule has 0 spiro atoms. The highest BCUT2D eigenvalue weighted by molar-refractivity contribution is 7.93. The Morgan fingerprint density at radius 3 is 2.50 bits per heavy atom. The zero-order valence-electron chi connectivity index (χ0n) is 19.1. The normalized spacial score (nSPS) is 15.1. The molecule has 2 heterocycles. The third kappa shape index (κ3) is 4.03. The van der Waals surface area contributed by atoms with Crippen LogP contribution in [0.25, 0.3) is 21.8 Å². The van der Waals surface area contributed by atoms with Crippen LogP contribution in [0.1, 0.15) is 32.6 Å². The Kier molecular flexibility index (Phi) is 6.00. The van der Waals surface area contributed by atoms with E-state index in [1.165, 1.54) is 4.31 Å². The van der Waals surface area contributed by atoms with Crippen LogP contribution >= 0.6 is 0 Å². The number of carbonyl (C=O) groups is 1. The molecule has 1 aliphatic rings. The molecule has 0 bridgehead atoms. The highest BCUT2D eigenvalue weighted by atomic mass is 32.2. The minimum atomic E-state index is -3.94. The summed E-state index contributed by atoms with van der Waals surface area (Å²) in [5, 5.41) is 1.55. The predicted octanol–water partition coefficient (Wildman–Crippen LogP) is 4.70. The van der Waals surface area contributed by atoms with E-state index in [0.29, 0.717) is 49.2 Å². The van der Waals surface area contributed by atoms with Crippen LogP contribution in [0.5, 0.6) is 0 Å². The van der Waals surface area contributed by atoms with Crippen molar-refractivity contribution in [3.05, 3.63) is 66.7 Å². The number of carbonyl (C=O) groups excluding carboxylic acids is 1. The number of H-pyrrole nitrogens is 1. The summed E-state index contributed by atoms with van der Waals surface area (Å²) in [4.78, 5) is 22.4. The fourth-order valence-corrected chi connectivity index (χ4v) is 6.62. The first-order chi connectivity index (χ1) is 16.5. The maximum absolute atomic E-state index is 14.2. The molecule has 34 heavy (non-hydrogen) atoms. The highest BCUT2D eigenvalue weighted by Gasteiger charge is 2.37. The molecule has 7 nitrogen and oxygen atoms in total. The van der Waals surface area contributed by atoms with E-state index in [0.717, 1.165) is 17.3 Å². The van der Waals surface area contributed by atoms with E-state index in [1.807, 2.05) is 66.4 Å². The molecule has 3 aromatic carbocycles. The van der Waals surface area contributed by atoms with E-state index in [9.17, 15) is 13.2 Å². The molecule has 1 N–H and O–H groups in total. The van der Waals surface area contributed by atoms with E-state index >= 15 is 0 Å². The number of benzene rings is 3. The van der Waals surface area contributed by atoms with Gasteiger partial charge in [0.15, 0.2) is 0 Å². The van der Waals surface area contributed by atoms with Gasteiger partial charge >= 0.3 is 0 Å². The zero-order chi connectivity index (χ0) is 23.7. The van der Waals surface area contributed by atoms with Crippen LogP contribution in [0.15, 0.2) is 71.6 Å². The van der Waals surface area contributed by atoms with Gasteiger partial charge in [0, 0.05) is 24.9 Å². The number of sulfonamides is 1. The van der Waals surface area contributed by atoms with Crippen LogP contribution in [0, 0.1) is 0 Å². The Labute approximate surface area is 199 Å². The number of nitrogens with one attached hydrogen (secondary N) is 1. The first-order valence-electron chi connectivity index (χ1n) is 11.7. The molecule has 4 aromatic rings. The summed E-state index contributed by atoms with van der Waals surface area (Å²) in [5.41, 5.74) is 1.50. The molecule has 1 aromatic heterocycles. The van der Waals surface area contributed by atoms with Crippen molar-refractivity contribution in [1.29, 1.82) is 0 Å². The number of aromatic nitrogens is 2. The van der Waals surface area contributed by atoms with Crippen molar-refractivity contribution in [2.45, 2.75) is 43.5 Å². The molecule has 0 atom stereocenters. The van der Waals surface area contributed by atoms with Crippen LogP contribution < -0.4 is 4.31 Å². The largest absolute Gasteiger partial charge is 0.343 e. The number of para-hydroxylation sites is 2. The minimum absolute atomic E-state index is 0.133. The lowest BCUT2D eigenvalue weighted by atomic mass is 10.0.